The van der Waals surface area contributed by atoms with Gasteiger partial charge in [-0.05, 0) is 37.4 Å². The molecule has 0 fully saturated rings. The lowest BCUT2D eigenvalue weighted by Gasteiger charge is -2.19. The maximum atomic E-state index is 12.7. The van der Waals surface area contributed by atoms with E-state index in [0.717, 1.165) is 33.4 Å². The van der Waals surface area contributed by atoms with E-state index in [1.54, 1.807) is 23.5 Å². The first-order chi connectivity index (χ1) is 10.7. The van der Waals surface area contributed by atoms with Crippen LogP contribution < -0.4 is 5.43 Å². The summed E-state index contributed by atoms with van der Waals surface area (Å²) in [6, 6.07) is 11.0. The molecule has 0 bridgehead atoms. The second-order valence-corrected chi connectivity index (χ2v) is 6.38. The van der Waals surface area contributed by atoms with Gasteiger partial charge in [0.1, 0.15) is 5.75 Å². The van der Waals surface area contributed by atoms with Crippen LogP contribution in [0.25, 0.3) is 20.2 Å². The zero-order valence-corrected chi connectivity index (χ0v) is 13.6. The number of hydrogen-bond donors (Lipinski definition) is 1. The smallest absolute Gasteiger partial charge is 0.195 e. The molecule has 0 radical (unpaired) electrons. The van der Waals surface area contributed by atoms with Crippen LogP contribution in [0.2, 0.25) is 0 Å². The Morgan fingerprint density at radius 2 is 1.77 bits per heavy atom. The molecular formula is C18H19NO2S. The van der Waals surface area contributed by atoms with Crippen LogP contribution in [0.3, 0.4) is 0 Å². The van der Waals surface area contributed by atoms with E-state index in [1.807, 2.05) is 24.3 Å². The lowest BCUT2D eigenvalue weighted by molar-refractivity contribution is 0.292. The molecule has 3 rings (SSSR count). The minimum atomic E-state index is 0.0464. The maximum Gasteiger partial charge on any atom is 0.195 e. The fraction of sp³-hybridized carbons (Fsp3) is 0.278. The highest BCUT2D eigenvalue weighted by atomic mass is 32.1. The number of phenolic OH excluding ortho intramolecular Hbond substituents is 1. The first-order valence-electron chi connectivity index (χ1n) is 7.54. The number of fused-ring (bicyclic) bond motifs is 2. The van der Waals surface area contributed by atoms with Crippen LogP contribution in [0.5, 0.6) is 5.75 Å². The molecule has 0 aliphatic rings. The number of aromatic hydroxyl groups is 1. The van der Waals surface area contributed by atoms with Crippen LogP contribution in [0.1, 0.15) is 19.4 Å². The first kappa shape index (κ1) is 15.0. The molecule has 3 nitrogen and oxygen atoms in total. The van der Waals surface area contributed by atoms with Crippen molar-refractivity contribution < 1.29 is 5.11 Å². The Bertz CT molecular complexity index is 881. The van der Waals surface area contributed by atoms with E-state index in [2.05, 4.69) is 18.7 Å². The standard InChI is InChI=1S/C18H19NO2S/c1-3-19(4-2)11-14-15(20)10-9-13-17(21)12-7-5-6-8-16(12)22-18(13)14/h5-10,20H,3-4,11H2,1-2H3. The van der Waals surface area contributed by atoms with E-state index in [1.165, 1.54) is 0 Å². The van der Waals surface area contributed by atoms with Gasteiger partial charge in [-0.3, -0.25) is 9.69 Å². The number of rotatable bonds is 4. The van der Waals surface area contributed by atoms with Crippen molar-refractivity contribution in [3.63, 3.8) is 0 Å². The van der Waals surface area contributed by atoms with Crippen molar-refractivity contribution in [2.24, 2.45) is 0 Å². The molecule has 1 N–H and O–H groups in total. The average Bonchev–Trinajstić information content (AvgIpc) is 2.54. The topological polar surface area (TPSA) is 40.5 Å². The quantitative estimate of drug-likeness (QED) is 0.741. The van der Waals surface area contributed by atoms with Crippen LogP contribution >= 0.6 is 11.3 Å². The third-order valence-corrected chi connectivity index (χ3v) is 5.35. The zero-order chi connectivity index (χ0) is 15.7. The van der Waals surface area contributed by atoms with Crippen molar-refractivity contribution in [3.8, 4) is 5.75 Å². The first-order valence-corrected chi connectivity index (χ1v) is 8.36. The Morgan fingerprint density at radius 1 is 1.05 bits per heavy atom. The van der Waals surface area contributed by atoms with Crippen LogP contribution in [-0.4, -0.2) is 23.1 Å². The summed E-state index contributed by atoms with van der Waals surface area (Å²) >= 11 is 1.58. The van der Waals surface area contributed by atoms with Gasteiger partial charge in [0.2, 0.25) is 0 Å². The molecule has 0 spiro atoms. The normalized spacial score (nSPS) is 11.6. The summed E-state index contributed by atoms with van der Waals surface area (Å²) in [5.41, 5.74) is 0.902. The Morgan fingerprint density at radius 3 is 2.50 bits per heavy atom. The minimum Gasteiger partial charge on any atom is -0.508 e. The van der Waals surface area contributed by atoms with Crippen LogP contribution in [0.4, 0.5) is 0 Å². The second-order valence-electron chi connectivity index (χ2n) is 5.33. The third-order valence-electron chi connectivity index (χ3n) is 4.10. The Hall–Kier alpha value is -1.91. The molecule has 0 atom stereocenters. The van der Waals surface area contributed by atoms with E-state index < -0.39 is 0 Å². The van der Waals surface area contributed by atoms with Gasteiger partial charge in [-0.1, -0.05) is 26.0 Å². The highest BCUT2D eigenvalue weighted by molar-refractivity contribution is 7.24. The maximum absolute atomic E-state index is 12.7. The highest BCUT2D eigenvalue weighted by Gasteiger charge is 2.14. The predicted molar refractivity (Wildman–Crippen MR) is 93.9 cm³/mol. The Labute approximate surface area is 133 Å². The van der Waals surface area contributed by atoms with Crippen molar-refractivity contribution in [1.29, 1.82) is 0 Å². The van der Waals surface area contributed by atoms with Crippen molar-refractivity contribution in [3.05, 3.63) is 52.2 Å². The summed E-state index contributed by atoms with van der Waals surface area (Å²) in [6.07, 6.45) is 0. The van der Waals surface area contributed by atoms with Gasteiger partial charge in [-0.2, -0.15) is 0 Å². The van der Waals surface area contributed by atoms with E-state index in [9.17, 15) is 9.90 Å². The van der Waals surface area contributed by atoms with Gasteiger partial charge in [-0.25, -0.2) is 0 Å². The van der Waals surface area contributed by atoms with Gasteiger partial charge < -0.3 is 5.11 Å². The number of hydrogen-bond acceptors (Lipinski definition) is 4. The largest absolute Gasteiger partial charge is 0.508 e. The molecule has 0 saturated carbocycles. The van der Waals surface area contributed by atoms with Gasteiger partial charge in [0.25, 0.3) is 0 Å². The minimum absolute atomic E-state index is 0.0464. The summed E-state index contributed by atoms with van der Waals surface area (Å²) in [5, 5.41) is 11.7. The van der Waals surface area contributed by atoms with Crippen molar-refractivity contribution in [2.75, 3.05) is 13.1 Å². The lowest BCUT2D eigenvalue weighted by atomic mass is 10.1. The molecule has 114 valence electrons. The van der Waals surface area contributed by atoms with Gasteiger partial charge in [-0.15, -0.1) is 11.3 Å². The average molecular weight is 313 g/mol. The third kappa shape index (κ3) is 2.49. The highest BCUT2D eigenvalue weighted by Crippen LogP contribution is 2.33. The Kier molecular flexibility index (Phi) is 4.14. The van der Waals surface area contributed by atoms with Crippen LogP contribution in [-0.2, 0) is 6.54 Å². The van der Waals surface area contributed by atoms with E-state index >= 15 is 0 Å². The molecule has 0 unspecified atom stereocenters. The van der Waals surface area contributed by atoms with E-state index in [0.29, 0.717) is 11.9 Å². The fourth-order valence-corrected chi connectivity index (χ4v) is 3.93. The number of nitrogens with zero attached hydrogens (tertiary/aromatic N) is 1. The molecular weight excluding hydrogens is 294 g/mol. The SMILES string of the molecule is CCN(CC)Cc1c(O)ccc2c(=O)c3ccccc3sc12. The molecule has 0 aliphatic carbocycles. The Balaban J connectivity index is 2.31. The summed E-state index contributed by atoms with van der Waals surface area (Å²) < 4.78 is 1.86. The van der Waals surface area contributed by atoms with E-state index in [4.69, 9.17) is 0 Å². The monoisotopic (exact) mass is 313 g/mol. The number of benzene rings is 2. The zero-order valence-electron chi connectivity index (χ0n) is 12.8. The van der Waals surface area contributed by atoms with E-state index in [-0.39, 0.29) is 11.2 Å². The van der Waals surface area contributed by atoms with Gasteiger partial charge in [0, 0.05) is 32.3 Å². The molecule has 1 aromatic heterocycles. The molecule has 1 heterocycles. The molecule has 0 aliphatic heterocycles. The van der Waals surface area contributed by atoms with Crippen molar-refractivity contribution in [1.82, 2.24) is 4.90 Å². The summed E-state index contributed by atoms with van der Waals surface area (Å²) in [7, 11) is 0. The summed E-state index contributed by atoms with van der Waals surface area (Å²) in [4.78, 5) is 14.9. The molecule has 22 heavy (non-hydrogen) atoms. The van der Waals surface area contributed by atoms with Crippen molar-refractivity contribution in [2.45, 2.75) is 20.4 Å². The predicted octanol–water partition coefficient (Wildman–Crippen LogP) is 3.96. The molecule has 3 aromatic rings. The second kappa shape index (κ2) is 6.07. The van der Waals surface area contributed by atoms with Gasteiger partial charge in [0.05, 0.1) is 0 Å². The summed E-state index contributed by atoms with van der Waals surface area (Å²) in [6.45, 7) is 6.68. The molecule has 4 heteroatoms. The van der Waals surface area contributed by atoms with Crippen molar-refractivity contribution >= 4 is 31.5 Å². The fourth-order valence-electron chi connectivity index (χ4n) is 2.73. The van der Waals surface area contributed by atoms with Gasteiger partial charge >= 0.3 is 0 Å². The van der Waals surface area contributed by atoms with Crippen LogP contribution in [0.15, 0.2) is 41.2 Å². The molecule has 0 saturated heterocycles. The van der Waals surface area contributed by atoms with Crippen LogP contribution in [0, 0.1) is 0 Å². The number of phenols is 1. The lowest BCUT2D eigenvalue weighted by Crippen LogP contribution is -2.22. The van der Waals surface area contributed by atoms with Gasteiger partial charge in [0.15, 0.2) is 5.43 Å². The molecule has 0 amide bonds. The molecule has 2 aromatic carbocycles. The summed E-state index contributed by atoms with van der Waals surface area (Å²) in [5.74, 6) is 0.269.